The predicted molar refractivity (Wildman–Crippen MR) is 88.7 cm³/mol. The van der Waals surface area contributed by atoms with Gasteiger partial charge in [0, 0.05) is 19.4 Å². The highest BCUT2D eigenvalue weighted by molar-refractivity contribution is 5.77. The average Bonchev–Trinajstić information content (AvgIpc) is 3.24. The Kier molecular flexibility index (Phi) is 5.13. The Morgan fingerprint density at radius 2 is 2.33 bits per heavy atom. The summed E-state index contributed by atoms with van der Waals surface area (Å²) in [5.74, 6) is 2.26. The molecule has 3 rings (SSSR count). The van der Waals surface area contributed by atoms with E-state index >= 15 is 0 Å². The molecule has 128 valence electrons. The Labute approximate surface area is 141 Å². The van der Waals surface area contributed by atoms with Crippen LogP contribution in [0.4, 0.5) is 0 Å². The van der Waals surface area contributed by atoms with Crippen molar-refractivity contribution < 1.29 is 14.1 Å². The molecule has 1 fully saturated rings. The molecule has 1 amide bonds. The molecule has 6 nitrogen and oxygen atoms in total. The molecule has 0 bridgehead atoms. The fourth-order valence-electron chi connectivity index (χ4n) is 3.24. The van der Waals surface area contributed by atoms with E-state index in [1.165, 1.54) is 0 Å². The van der Waals surface area contributed by atoms with Gasteiger partial charge in [0.15, 0.2) is 5.82 Å². The van der Waals surface area contributed by atoms with E-state index < -0.39 is 0 Å². The van der Waals surface area contributed by atoms with Crippen LogP contribution >= 0.6 is 0 Å². The van der Waals surface area contributed by atoms with E-state index in [1.807, 2.05) is 23.1 Å². The van der Waals surface area contributed by atoms with Gasteiger partial charge in [0.05, 0.1) is 13.2 Å². The quantitative estimate of drug-likeness (QED) is 0.814. The number of aromatic nitrogens is 2. The molecule has 1 unspecified atom stereocenters. The van der Waals surface area contributed by atoms with Gasteiger partial charge in [-0.2, -0.15) is 4.98 Å². The fraction of sp³-hybridized carbons (Fsp3) is 0.500. The molecule has 0 radical (unpaired) electrons. The zero-order valence-electron chi connectivity index (χ0n) is 14.2. The van der Waals surface area contributed by atoms with E-state index in [2.05, 4.69) is 16.2 Å². The number of amides is 1. The number of methoxy groups -OCH3 is 1. The SMILES string of the molecule is COc1cccc(C2CCCN2C(=O)CCCc2nc(C)no2)c1. The Balaban J connectivity index is 1.58. The lowest BCUT2D eigenvalue weighted by atomic mass is 10.0. The van der Waals surface area contributed by atoms with Crippen LogP contribution in [0.5, 0.6) is 5.75 Å². The molecule has 2 heterocycles. The van der Waals surface area contributed by atoms with Crippen LogP contribution in [0.3, 0.4) is 0 Å². The van der Waals surface area contributed by atoms with Gasteiger partial charge < -0.3 is 14.2 Å². The largest absolute Gasteiger partial charge is 0.497 e. The molecule has 6 heteroatoms. The highest BCUT2D eigenvalue weighted by Crippen LogP contribution is 2.34. The number of carbonyl (C=O) groups is 1. The summed E-state index contributed by atoms with van der Waals surface area (Å²) in [6.45, 7) is 2.61. The first-order valence-corrected chi connectivity index (χ1v) is 8.40. The van der Waals surface area contributed by atoms with E-state index in [0.29, 0.717) is 24.6 Å². The molecule has 1 aromatic heterocycles. The molecule has 24 heavy (non-hydrogen) atoms. The van der Waals surface area contributed by atoms with E-state index in [1.54, 1.807) is 14.0 Å². The van der Waals surface area contributed by atoms with Crippen molar-refractivity contribution in [3.63, 3.8) is 0 Å². The van der Waals surface area contributed by atoms with Gasteiger partial charge in [-0.25, -0.2) is 0 Å². The lowest BCUT2D eigenvalue weighted by Gasteiger charge is -2.25. The van der Waals surface area contributed by atoms with Crippen molar-refractivity contribution in [1.29, 1.82) is 0 Å². The van der Waals surface area contributed by atoms with Gasteiger partial charge in [0.25, 0.3) is 0 Å². The van der Waals surface area contributed by atoms with Gasteiger partial charge in [0.1, 0.15) is 5.75 Å². The molecule has 0 saturated carbocycles. The van der Waals surface area contributed by atoms with E-state index in [9.17, 15) is 4.79 Å². The molecule has 1 aliphatic rings. The normalized spacial score (nSPS) is 17.2. The van der Waals surface area contributed by atoms with Gasteiger partial charge in [-0.3, -0.25) is 4.79 Å². The third-order valence-corrected chi connectivity index (χ3v) is 4.40. The fourth-order valence-corrected chi connectivity index (χ4v) is 3.24. The highest BCUT2D eigenvalue weighted by Gasteiger charge is 2.29. The average molecular weight is 329 g/mol. The van der Waals surface area contributed by atoms with Crippen LogP contribution in [-0.4, -0.2) is 34.6 Å². The number of aryl methyl sites for hydroxylation is 2. The summed E-state index contributed by atoms with van der Waals surface area (Å²) < 4.78 is 10.4. The van der Waals surface area contributed by atoms with E-state index in [4.69, 9.17) is 9.26 Å². The number of hydrogen-bond acceptors (Lipinski definition) is 5. The maximum atomic E-state index is 12.6. The summed E-state index contributed by atoms with van der Waals surface area (Å²) in [5.41, 5.74) is 1.15. The summed E-state index contributed by atoms with van der Waals surface area (Å²) in [6, 6.07) is 8.15. The lowest BCUT2D eigenvalue weighted by molar-refractivity contribution is -0.132. The first-order chi connectivity index (χ1) is 11.7. The molecule has 1 saturated heterocycles. The zero-order valence-corrected chi connectivity index (χ0v) is 14.2. The summed E-state index contributed by atoms with van der Waals surface area (Å²) in [4.78, 5) is 18.8. The number of hydrogen-bond donors (Lipinski definition) is 0. The summed E-state index contributed by atoms with van der Waals surface area (Å²) in [7, 11) is 1.66. The van der Waals surface area contributed by atoms with E-state index in [0.717, 1.165) is 37.1 Å². The number of nitrogens with zero attached hydrogens (tertiary/aromatic N) is 3. The van der Waals surface area contributed by atoms with Crippen molar-refractivity contribution in [2.75, 3.05) is 13.7 Å². The first kappa shape index (κ1) is 16.5. The van der Waals surface area contributed by atoms with Crippen molar-refractivity contribution in [3.05, 3.63) is 41.5 Å². The minimum atomic E-state index is 0.151. The molecular formula is C18H23N3O3. The summed E-state index contributed by atoms with van der Waals surface area (Å²) >= 11 is 0. The molecule has 1 aliphatic heterocycles. The Bertz CT molecular complexity index is 698. The number of ether oxygens (including phenoxy) is 1. The maximum Gasteiger partial charge on any atom is 0.226 e. The first-order valence-electron chi connectivity index (χ1n) is 8.40. The zero-order chi connectivity index (χ0) is 16.9. The topological polar surface area (TPSA) is 68.5 Å². The molecule has 1 atom stereocenters. The van der Waals surface area contributed by atoms with Crippen LogP contribution in [0.2, 0.25) is 0 Å². The van der Waals surface area contributed by atoms with Crippen molar-refractivity contribution in [2.45, 2.75) is 45.1 Å². The lowest BCUT2D eigenvalue weighted by Crippen LogP contribution is -2.30. The summed E-state index contributed by atoms with van der Waals surface area (Å²) in [5, 5.41) is 3.77. The number of rotatable bonds is 6. The highest BCUT2D eigenvalue weighted by atomic mass is 16.5. The van der Waals surface area contributed by atoms with Crippen LogP contribution in [0.15, 0.2) is 28.8 Å². The Morgan fingerprint density at radius 1 is 1.46 bits per heavy atom. The van der Waals surface area contributed by atoms with Gasteiger partial charge in [0.2, 0.25) is 11.8 Å². The van der Waals surface area contributed by atoms with Crippen LogP contribution in [-0.2, 0) is 11.2 Å². The molecular weight excluding hydrogens is 306 g/mol. The van der Waals surface area contributed by atoms with Gasteiger partial charge in [-0.15, -0.1) is 0 Å². The predicted octanol–water partition coefficient (Wildman–Crippen LogP) is 3.07. The molecule has 1 aromatic carbocycles. The summed E-state index contributed by atoms with van der Waals surface area (Å²) in [6.07, 6.45) is 3.91. The van der Waals surface area contributed by atoms with Crippen LogP contribution in [0, 0.1) is 6.92 Å². The Hall–Kier alpha value is -2.37. The van der Waals surface area contributed by atoms with E-state index in [-0.39, 0.29) is 11.9 Å². The van der Waals surface area contributed by atoms with Gasteiger partial charge >= 0.3 is 0 Å². The molecule has 2 aromatic rings. The van der Waals surface area contributed by atoms with Crippen molar-refractivity contribution in [3.8, 4) is 5.75 Å². The van der Waals surface area contributed by atoms with Crippen molar-refractivity contribution in [1.82, 2.24) is 15.0 Å². The smallest absolute Gasteiger partial charge is 0.226 e. The molecule has 0 aliphatic carbocycles. The maximum absolute atomic E-state index is 12.6. The van der Waals surface area contributed by atoms with Crippen LogP contribution in [0.25, 0.3) is 0 Å². The van der Waals surface area contributed by atoms with Gasteiger partial charge in [-0.05, 0) is 43.9 Å². The van der Waals surface area contributed by atoms with Crippen LogP contribution in [0.1, 0.15) is 49.0 Å². The second kappa shape index (κ2) is 7.47. The monoisotopic (exact) mass is 329 g/mol. The number of likely N-dealkylation sites (tertiary alicyclic amines) is 1. The molecule has 0 spiro atoms. The number of benzene rings is 1. The minimum Gasteiger partial charge on any atom is -0.497 e. The third kappa shape index (κ3) is 3.75. The minimum absolute atomic E-state index is 0.151. The van der Waals surface area contributed by atoms with Gasteiger partial charge in [-0.1, -0.05) is 17.3 Å². The number of carbonyl (C=O) groups excluding carboxylic acids is 1. The molecule has 0 N–H and O–H groups in total. The standard InChI is InChI=1S/C18H23N3O3/c1-13-19-17(24-20-13)9-4-10-18(22)21-11-5-8-16(21)14-6-3-7-15(12-14)23-2/h3,6-7,12,16H,4-5,8-11H2,1-2H3. The third-order valence-electron chi connectivity index (χ3n) is 4.40. The second-order valence-electron chi connectivity index (χ2n) is 6.11. The Morgan fingerprint density at radius 3 is 3.08 bits per heavy atom. The van der Waals surface area contributed by atoms with Crippen molar-refractivity contribution >= 4 is 5.91 Å². The second-order valence-corrected chi connectivity index (χ2v) is 6.11. The van der Waals surface area contributed by atoms with Crippen LogP contribution < -0.4 is 4.74 Å². The van der Waals surface area contributed by atoms with Crippen molar-refractivity contribution in [2.24, 2.45) is 0 Å².